The molecule has 0 fully saturated rings. The van der Waals surface area contributed by atoms with E-state index < -0.39 is 24.0 Å². The van der Waals surface area contributed by atoms with E-state index in [9.17, 15) is 19.5 Å². The van der Waals surface area contributed by atoms with E-state index in [2.05, 4.69) is 10.6 Å². The van der Waals surface area contributed by atoms with Gasteiger partial charge in [-0.1, -0.05) is 36.4 Å². The van der Waals surface area contributed by atoms with Crippen molar-refractivity contribution in [1.29, 1.82) is 0 Å². The second-order valence-corrected chi connectivity index (χ2v) is 7.56. The second kappa shape index (κ2) is 9.43. The van der Waals surface area contributed by atoms with Gasteiger partial charge in [0.2, 0.25) is 11.8 Å². The van der Waals surface area contributed by atoms with Crippen molar-refractivity contribution >= 4 is 17.8 Å². The third-order valence-corrected chi connectivity index (χ3v) is 5.39. The molecule has 1 aliphatic rings. The first-order chi connectivity index (χ1) is 14.4. The highest BCUT2D eigenvalue weighted by Crippen LogP contribution is 2.26. The SMILES string of the molecule is COc1ccc(C[C@H](NC(=O)[C@H](C)NC(=O)C2Cc3ccccc3C2)C(=O)O)cc1. The van der Waals surface area contributed by atoms with Crippen molar-refractivity contribution in [1.82, 2.24) is 10.6 Å². The third-order valence-electron chi connectivity index (χ3n) is 5.39. The molecular formula is C23H26N2O5. The molecule has 158 valence electrons. The Morgan fingerprint density at radius 2 is 1.63 bits per heavy atom. The number of rotatable bonds is 8. The van der Waals surface area contributed by atoms with Gasteiger partial charge in [0.15, 0.2) is 0 Å². The quantitative estimate of drug-likeness (QED) is 0.615. The van der Waals surface area contributed by atoms with E-state index in [-0.39, 0.29) is 18.2 Å². The maximum Gasteiger partial charge on any atom is 0.326 e. The first kappa shape index (κ1) is 21.4. The molecule has 30 heavy (non-hydrogen) atoms. The number of ether oxygens (including phenoxy) is 1. The summed E-state index contributed by atoms with van der Waals surface area (Å²) in [5.41, 5.74) is 3.06. The second-order valence-electron chi connectivity index (χ2n) is 7.56. The van der Waals surface area contributed by atoms with Gasteiger partial charge in [-0.2, -0.15) is 0 Å². The van der Waals surface area contributed by atoms with Crippen LogP contribution in [-0.2, 0) is 33.6 Å². The number of methoxy groups -OCH3 is 1. The number of benzene rings is 2. The summed E-state index contributed by atoms with van der Waals surface area (Å²) in [6.45, 7) is 1.56. The molecule has 0 unspecified atom stereocenters. The number of carboxylic acids is 1. The summed E-state index contributed by atoms with van der Waals surface area (Å²) in [4.78, 5) is 36.7. The lowest BCUT2D eigenvalue weighted by Crippen LogP contribution is -2.52. The van der Waals surface area contributed by atoms with Crippen LogP contribution in [0.4, 0.5) is 0 Å². The minimum Gasteiger partial charge on any atom is -0.497 e. The van der Waals surface area contributed by atoms with Gasteiger partial charge in [-0.15, -0.1) is 0 Å². The lowest BCUT2D eigenvalue weighted by Gasteiger charge is -2.20. The Morgan fingerprint density at radius 3 is 2.17 bits per heavy atom. The highest BCUT2D eigenvalue weighted by atomic mass is 16.5. The molecule has 0 bridgehead atoms. The van der Waals surface area contributed by atoms with Gasteiger partial charge in [-0.25, -0.2) is 4.79 Å². The number of fused-ring (bicyclic) bond motifs is 1. The van der Waals surface area contributed by atoms with Crippen LogP contribution in [0.2, 0.25) is 0 Å². The number of hydrogen-bond acceptors (Lipinski definition) is 4. The molecule has 3 rings (SSSR count). The van der Waals surface area contributed by atoms with Gasteiger partial charge in [0, 0.05) is 12.3 Å². The minimum atomic E-state index is -1.14. The van der Waals surface area contributed by atoms with Gasteiger partial charge < -0.3 is 20.5 Å². The summed E-state index contributed by atoms with van der Waals surface area (Å²) in [7, 11) is 1.55. The van der Waals surface area contributed by atoms with E-state index in [1.54, 1.807) is 38.3 Å². The molecule has 7 nitrogen and oxygen atoms in total. The maximum absolute atomic E-state index is 12.6. The van der Waals surface area contributed by atoms with Gasteiger partial charge >= 0.3 is 5.97 Å². The summed E-state index contributed by atoms with van der Waals surface area (Å²) >= 11 is 0. The van der Waals surface area contributed by atoms with Gasteiger partial charge in [0.25, 0.3) is 0 Å². The summed E-state index contributed by atoms with van der Waals surface area (Å²) < 4.78 is 5.09. The van der Waals surface area contributed by atoms with E-state index in [0.29, 0.717) is 18.6 Å². The highest BCUT2D eigenvalue weighted by molar-refractivity contribution is 5.91. The predicted molar refractivity (Wildman–Crippen MR) is 111 cm³/mol. The van der Waals surface area contributed by atoms with Gasteiger partial charge in [0.05, 0.1) is 7.11 Å². The van der Waals surface area contributed by atoms with Crippen molar-refractivity contribution in [3.63, 3.8) is 0 Å². The number of carbonyl (C=O) groups excluding carboxylic acids is 2. The molecule has 0 saturated heterocycles. The first-order valence-electron chi connectivity index (χ1n) is 9.90. The van der Waals surface area contributed by atoms with Crippen molar-refractivity contribution in [2.24, 2.45) is 5.92 Å². The zero-order chi connectivity index (χ0) is 21.7. The topological polar surface area (TPSA) is 105 Å². The van der Waals surface area contributed by atoms with E-state index >= 15 is 0 Å². The molecule has 7 heteroatoms. The number of aliphatic carboxylic acids is 1. The van der Waals surface area contributed by atoms with Crippen LogP contribution in [-0.4, -0.2) is 42.1 Å². The molecule has 2 aromatic rings. The van der Waals surface area contributed by atoms with Crippen molar-refractivity contribution < 1.29 is 24.2 Å². The van der Waals surface area contributed by atoms with Crippen LogP contribution in [0.25, 0.3) is 0 Å². The highest BCUT2D eigenvalue weighted by Gasteiger charge is 2.30. The molecule has 2 aromatic carbocycles. The summed E-state index contributed by atoms with van der Waals surface area (Å²) in [5, 5.41) is 14.7. The van der Waals surface area contributed by atoms with Crippen LogP contribution in [0.15, 0.2) is 48.5 Å². The molecule has 0 heterocycles. The molecule has 0 aliphatic heterocycles. The van der Waals surface area contributed by atoms with Crippen LogP contribution in [0.5, 0.6) is 5.75 Å². The van der Waals surface area contributed by atoms with Gasteiger partial charge in [-0.05, 0) is 48.6 Å². The van der Waals surface area contributed by atoms with E-state index in [1.165, 1.54) is 0 Å². The Kier molecular flexibility index (Phi) is 6.72. The molecule has 0 saturated carbocycles. The molecule has 0 spiro atoms. The largest absolute Gasteiger partial charge is 0.497 e. The molecule has 3 N–H and O–H groups in total. The zero-order valence-corrected chi connectivity index (χ0v) is 17.1. The number of amides is 2. The number of carbonyl (C=O) groups is 3. The Balaban J connectivity index is 1.54. The van der Waals surface area contributed by atoms with Gasteiger partial charge in [0.1, 0.15) is 17.8 Å². The fourth-order valence-electron chi connectivity index (χ4n) is 3.64. The third kappa shape index (κ3) is 5.17. The first-order valence-corrected chi connectivity index (χ1v) is 9.90. The number of nitrogens with one attached hydrogen (secondary N) is 2. The molecule has 0 aromatic heterocycles. The summed E-state index contributed by atoms with van der Waals surface area (Å²) in [6.07, 6.45) is 1.42. The number of carboxylic acid groups (broad SMARTS) is 1. The van der Waals surface area contributed by atoms with E-state index in [0.717, 1.165) is 16.7 Å². The normalized spacial score (nSPS) is 15.0. The molecular weight excluding hydrogens is 384 g/mol. The van der Waals surface area contributed by atoms with E-state index in [4.69, 9.17) is 4.74 Å². The Bertz CT molecular complexity index is 900. The lowest BCUT2D eigenvalue weighted by molar-refractivity contribution is -0.142. The fourth-order valence-corrected chi connectivity index (χ4v) is 3.64. The Morgan fingerprint density at radius 1 is 1.03 bits per heavy atom. The Hall–Kier alpha value is -3.35. The smallest absolute Gasteiger partial charge is 0.326 e. The lowest BCUT2D eigenvalue weighted by atomic mass is 10.0. The average molecular weight is 410 g/mol. The van der Waals surface area contributed by atoms with Crippen LogP contribution in [0.1, 0.15) is 23.6 Å². The van der Waals surface area contributed by atoms with Crippen molar-refractivity contribution in [2.45, 2.75) is 38.3 Å². The molecule has 2 atom stereocenters. The van der Waals surface area contributed by atoms with Crippen molar-refractivity contribution in [2.75, 3.05) is 7.11 Å². The summed E-state index contributed by atoms with van der Waals surface area (Å²) in [6, 6.07) is 13.0. The monoisotopic (exact) mass is 410 g/mol. The minimum absolute atomic E-state index is 0.129. The van der Waals surface area contributed by atoms with Crippen LogP contribution < -0.4 is 15.4 Å². The van der Waals surface area contributed by atoms with Crippen molar-refractivity contribution in [3.8, 4) is 5.75 Å². The van der Waals surface area contributed by atoms with Crippen molar-refractivity contribution in [3.05, 3.63) is 65.2 Å². The van der Waals surface area contributed by atoms with Crippen LogP contribution in [0, 0.1) is 5.92 Å². The maximum atomic E-state index is 12.6. The average Bonchev–Trinajstić information content (AvgIpc) is 3.18. The standard InChI is InChI=1S/C23H26N2O5/c1-14(24-22(27)18-12-16-5-3-4-6-17(16)13-18)21(26)25-20(23(28)29)11-15-7-9-19(30-2)10-8-15/h3-10,14,18,20H,11-13H2,1-2H3,(H,24,27)(H,25,26)(H,28,29)/t14-,20-/m0/s1. The van der Waals surface area contributed by atoms with Crippen LogP contribution >= 0.6 is 0 Å². The predicted octanol–water partition coefficient (Wildman–Crippen LogP) is 1.73. The molecule has 0 radical (unpaired) electrons. The zero-order valence-electron chi connectivity index (χ0n) is 17.1. The van der Waals surface area contributed by atoms with Crippen LogP contribution in [0.3, 0.4) is 0 Å². The molecule has 1 aliphatic carbocycles. The van der Waals surface area contributed by atoms with Gasteiger partial charge in [-0.3, -0.25) is 9.59 Å². The fraction of sp³-hybridized carbons (Fsp3) is 0.348. The molecule has 2 amide bonds. The van der Waals surface area contributed by atoms with E-state index in [1.807, 2.05) is 24.3 Å². The summed E-state index contributed by atoms with van der Waals surface area (Å²) in [5.74, 6) is -1.41. The number of hydrogen-bond donors (Lipinski definition) is 3. The Labute approximate surface area is 175 Å².